The van der Waals surface area contributed by atoms with Gasteiger partial charge in [-0.15, -0.1) is 5.10 Å². The van der Waals surface area contributed by atoms with Gasteiger partial charge in [0.15, 0.2) is 11.2 Å². The lowest BCUT2D eigenvalue weighted by Gasteiger charge is -2.37. The van der Waals surface area contributed by atoms with Crippen LogP contribution < -0.4 is 14.3 Å². The molecule has 1 N–H and O–H groups in total. The summed E-state index contributed by atoms with van der Waals surface area (Å²) in [5.74, 6) is 1.65. The summed E-state index contributed by atoms with van der Waals surface area (Å²) < 4.78 is 26.2. The largest absolute Gasteiger partial charge is 0.497 e. The Morgan fingerprint density at radius 1 is 0.800 bits per heavy atom. The summed E-state index contributed by atoms with van der Waals surface area (Å²) in [5, 5.41) is 19.6. The molecule has 0 aliphatic carbocycles. The maximum absolute atomic E-state index is 11.4. The Kier molecular flexibility index (Phi) is 8.28. The monoisotopic (exact) mass is 671 g/mol. The number of methoxy groups -OCH3 is 2. The molecule has 13 heteroatoms. The van der Waals surface area contributed by atoms with Gasteiger partial charge in [-0.1, -0.05) is 71.6 Å². The van der Waals surface area contributed by atoms with Gasteiger partial charge in [0.2, 0.25) is 0 Å². The minimum absolute atomic E-state index is 0.0694. The number of aromatic nitrogens is 7. The first-order valence-electron chi connectivity index (χ1n) is 16.1. The van der Waals surface area contributed by atoms with E-state index in [1.807, 2.05) is 103 Å². The molecule has 0 unspecified atom stereocenters. The Hall–Kier alpha value is -5.89. The molecule has 4 aromatic carbocycles. The molecule has 0 spiro atoms. The fourth-order valence-electron chi connectivity index (χ4n) is 6.42. The van der Waals surface area contributed by atoms with E-state index in [0.717, 1.165) is 28.2 Å². The van der Waals surface area contributed by atoms with Gasteiger partial charge >= 0.3 is 0 Å². The molecule has 1 fully saturated rings. The first kappa shape index (κ1) is 31.4. The third-order valence-electron chi connectivity index (χ3n) is 8.97. The van der Waals surface area contributed by atoms with Gasteiger partial charge in [0, 0.05) is 6.42 Å². The molecule has 3 aromatic heterocycles. The second-order valence-electron chi connectivity index (χ2n) is 11.8. The molecule has 1 saturated heterocycles. The molecule has 1 aliphatic heterocycles. The predicted molar refractivity (Wildman–Crippen MR) is 182 cm³/mol. The maximum Gasteiger partial charge on any atom is 0.280 e. The fraction of sp³-hybridized carbons (Fsp3) is 0.216. The van der Waals surface area contributed by atoms with Crippen molar-refractivity contribution in [1.82, 2.24) is 34.7 Å². The van der Waals surface area contributed by atoms with Gasteiger partial charge < -0.3 is 28.9 Å². The van der Waals surface area contributed by atoms with Crippen LogP contribution >= 0.6 is 0 Å². The summed E-state index contributed by atoms with van der Waals surface area (Å²) in [6.45, 7) is 0.0694. The smallest absolute Gasteiger partial charge is 0.280 e. The number of aliphatic hydroxyl groups is 1. The zero-order valence-electron chi connectivity index (χ0n) is 27.2. The van der Waals surface area contributed by atoms with Gasteiger partial charge in [-0.2, -0.15) is 4.98 Å². The van der Waals surface area contributed by atoms with Gasteiger partial charge in [0.05, 0.1) is 33.3 Å². The number of benzene rings is 4. The van der Waals surface area contributed by atoms with Crippen LogP contribution in [0.2, 0.25) is 0 Å². The third-order valence-corrected chi connectivity index (χ3v) is 8.97. The van der Waals surface area contributed by atoms with Gasteiger partial charge in [0.25, 0.3) is 5.88 Å². The molecule has 0 amide bonds. The zero-order chi connectivity index (χ0) is 34.1. The molecule has 4 heterocycles. The van der Waals surface area contributed by atoms with Crippen LogP contribution in [-0.4, -0.2) is 72.8 Å². The SMILES string of the molecule is COc1ccc(C(OC[C@H]2O[C@@H](n3cnc4c(On5nnc6ccccc65)ncnc43)C[C@@H]2O)(c2ccccc2)c2ccc(OC)cc2)cc1. The van der Waals surface area contributed by atoms with Gasteiger partial charge in [-0.3, -0.25) is 4.57 Å². The van der Waals surface area contributed by atoms with E-state index in [9.17, 15) is 5.11 Å². The van der Waals surface area contributed by atoms with Crippen molar-refractivity contribution < 1.29 is 28.9 Å². The Balaban J connectivity index is 1.09. The van der Waals surface area contributed by atoms with E-state index in [1.54, 1.807) is 25.1 Å². The Morgan fingerprint density at radius 2 is 1.46 bits per heavy atom. The van der Waals surface area contributed by atoms with Gasteiger partial charge in [-0.05, 0) is 58.3 Å². The molecule has 8 rings (SSSR count). The lowest BCUT2D eigenvalue weighted by Crippen LogP contribution is -2.38. The maximum atomic E-state index is 11.4. The first-order chi connectivity index (χ1) is 24.6. The van der Waals surface area contributed by atoms with Crippen LogP contribution in [0.3, 0.4) is 0 Å². The van der Waals surface area contributed by atoms with Crippen molar-refractivity contribution in [3.8, 4) is 17.4 Å². The van der Waals surface area contributed by atoms with E-state index >= 15 is 0 Å². The molecule has 13 nitrogen and oxygen atoms in total. The van der Waals surface area contributed by atoms with Gasteiger partial charge in [0.1, 0.15) is 46.8 Å². The van der Waals surface area contributed by atoms with E-state index in [0.29, 0.717) is 22.2 Å². The predicted octanol–water partition coefficient (Wildman–Crippen LogP) is 5.09. The quantitative estimate of drug-likeness (QED) is 0.184. The minimum Gasteiger partial charge on any atom is -0.497 e. The molecule has 0 saturated carbocycles. The number of hydrogen-bond acceptors (Lipinski definition) is 11. The van der Waals surface area contributed by atoms with Crippen molar-refractivity contribution in [2.75, 3.05) is 20.8 Å². The van der Waals surface area contributed by atoms with Crippen molar-refractivity contribution in [3.63, 3.8) is 0 Å². The van der Waals surface area contributed by atoms with Crippen LogP contribution in [0.4, 0.5) is 0 Å². The topological polar surface area (TPSA) is 141 Å². The van der Waals surface area contributed by atoms with Crippen LogP contribution in [-0.2, 0) is 15.1 Å². The molecule has 1 aliphatic rings. The molecule has 0 radical (unpaired) electrons. The van der Waals surface area contributed by atoms with Crippen molar-refractivity contribution in [1.29, 1.82) is 0 Å². The van der Waals surface area contributed by atoms with E-state index in [1.165, 1.54) is 11.2 Å². The summed E-state index contributed by atoms with van der Waals surface area (Å²) in [6.07, 6.45) is 1.20. The number of nitrogens with zero attached hydrogens (tertiary/aromatic N) is 7. The second-order valence-corrected chi connectivity index (χ2v) is 11.8. The van der Waals surface area contributed by atoms with Crippen LogP contribution in [0.15, 0.2) is 116 Å². The van der Waals surface area contributed by atoms with Crippen LogP contribution in [0.1, 0.15) is 29.3 Å². The third kappa shape index (κ3) is 5.56. The summed E-state index contributed by atoms with van der Waals surface area (Å²) >= 11 is 0. The molecule has 3 atom stereocenters. The van der Waals surface area contributed by atoms with E-state index in [2.05, 4.69) is 25.3 Å². The van der Waals surface area contributed by atoms with E-state index in [4.69, 9.17) is 23.8 Å². The molecule has 50 heavy (non-hydrogen) atoms. The summed E-state index contributed by atoms with van der Waals surface area (Å²) in [6, 6.07) is 33.0. The average Bonchev–Trinajstić information content (AvgIpc) is 3.90. The molecular formula is C37H33N7O6. The first-order valence-corrected chi connectivity index (χ1v) is 16.1. The molecule has 7 aromatic rings. The number of fused-ring (bicyclic) bond motifs is 2. The average molecular weight is 672 g/mol. The molecular weight excluding hydrogens is 638 g/mol. The number of hydrogen-bond donors (Lipinski definition) is 1. The minimum atomic E-state index is -1.06. The zero-order valence-corrected chi connectivity index (χ0v) is 27.2. The van der Waals surface area contributed by atoms with Crippen molar-refractivity contribution in [2.45, 2.75) is 30.5 Å². The second kappa shape index (κ2) is 13.2. The highest BCUT2D eigenvalue weighted by atomic mass is 16.7. The summed E-state index contributed by atoms with van der Waals surface area (Å²) in [5.41, 5.74) is 3.85. The lowest BCUT2D eigenvalue weighted by molar-refractivity contribution is -0.0931. The molecule has 0 bridgehead atoms. The fourth-order valence-corrected chi connectivity index (χ4v) is 6.42. The number of imidazole rings is 1. The number of para-hydroxylation sites is 1. The van der Waals surface area contributed by atoms with Crippen molar-refractivity contribution in [2.24, 2.45) is 0 Å². The highest BCUT2D eigenvalue weighted by Gasteiger charge is 2.42. The van der Waals surface area contributed by atoms with Crippen molar-refractivity contribution >= 4 is 22.2 Å². The van der Waals surface area contributed by atoms with Crippen LogP contribution in [0, 0.1) is 0 Å². The highest BCUT2D eigenvalue weighted by molar-refractivity contribution is 5.77. The molecule has 252 valence electrons. The van der Waals surface area contributed by atoms with Gasteiger partial charge in [-0.25, -0.2) is 9.97 Å². The van der Waals surface area contributed by atoms with Crippen LogP contribution in [0.25, 0.3) is 22.2 Å². The highest BCUT2D eigenvalue weighted by Crippen LogP contribution is 2.43. The summed E-state index contributed by atoms with van der Waals surface area (Å²) in [4.78, 5) is 20.6. The van der Waals surface area contributed by atoms with E-state index in [-0.39, 0.29) is 18.9 Å². The van der Waals surface area contributed by atoms with E-state index < -0.39 is 24.0 Å². The lowest BCUT2D eigenvalue weighted by atomic mass is 9.80. The summed E-state index contributed by atoms with van der Waals surface area (Å²) in [7, 11) is 3.27. The normalized spacial score (nSPS) is 17.7. The standard InChI is InChI=1S/C37H33N7O6/c1-46-27-16-12-25(13-17-27)37(24-8-4-3-5-9-24,26-14-18-28(47-2)19-15-26)48-21-32-31(45)20-33(49-32)43-23-40-34-35(43)38-22-39-36(34)50-44-30-11-7-6-10-29(30)41-42-44/h3-19,22-23,31-33,45H,20-21H2,1-2H3/t31-,32+,33+/m0/s1. The Morgan fingerprint density at radius 3 is 2.16 bits per heavy atom. The Labute approximate surface area is 286 Å². The number of rotatable bonds is 11. The van der Waals surface area contributed by atoms with Crippen molar-refractivity contribution in [3.05, 3.63) is 132 Å². The number of ether oxygens (including phenoxy) is 4. The van der Waals surface area contributed by atoms with Crippen LogP contribution in [0.5, 0.6) is 17.4 Å². The number of aliphatic hydroxyl groups excluding tert-OH is 1. The Bertz CT molecular complexity index is 2180.